The molecule has 1 fully saturated rings. The first-order chi connectivity index (χ1) is 8.21. The molecule has 5 heteroatoms. The summed E-state index contributed by atoms with van der Waals surface area (Å²) in [6, 6.07) is 0.229. The third-order valence-electron chi connectivity index (χ3n) is 3.68. The van der Waals surface area contributed by atoms with E-state index in [1.54, 1.807) is 0 Å². The van der Waals surface area contributed by atoms with Crippen molar-refractivity contribution in [2.75, 3.05) is 6.54 Å². The summed E-state index contributed by atoms with van der Waals surface area (Å²) in [4.78, 5) is 0. The summed E-state index contributed by atoms with van der Waals surface area (Å²) >= 11 is 0. The fraction of sp³-hybridized carbons (Fsp3) is 0.917. The average molecular weight is 237 g/mol. The number of nitrogens with zero attached hydrogens (tertiary/aromatic N) is 4. The van der Waals surface area contributed by atoms with E-state index in [4.69, 9.17) is 0 Å². The Hall–Kier alpha value is -0.970. The molecule has 96 valence electrons. The van der Waals surface area contributed by atoms with Crippen LogP contribution in [-0.2, 0) is 6.54 Å². The molecule has 0 amide bonds. The number of hydrogen-bond acceptors (Lipinski definition) is 4. The highest BCUT2D eigenvalue weighted by molar-refractivity contribution is 4.96. The Bertz CT molecular complexity index is 356. The minimum absolute atomic E-state index is 0.229. The molecule has 1 aliphatic carbocycles. The van der Waals surface area contributed by atoms with Crippen LogP contribution in [0.4, 0.5) is 0 Å². The van der Waals surface area contributed by atoms with Gasteiger partial charge in [0.15, 0.2) is 5.82 Å². The number of nitrogens with one attached hydrogen (secondary N) is 1. The van der Waals surface area contributed by atoms with Gasteiger partial charge in [-0.05, 0) is 48.6 Å². The summed E-state index contributed by atoms with van der Waals surface area (Å²) in [5.41, 5.74) is 0.491. The van der Waals surface area contributed by atoms with Crippen molar-refractivity contribution in [3.05, 3.63) is 5.82 Å². The predicted molar refractivity (Wildman–Crippen MR) is 66.5 cm³/mol. The van der Waals surface area contributed by atoms with Gasteiger partial charge in [-0.2, -0.15) is 0 Å². The van der Waals surface area contributed by atoms with Gasteiger partial charge in [0.25, 0.3) is 0 Å². The molecule has 1 N–H and O–H groups in total. The van der Waals surface area contributed by atoms with Gasteiger partial charge in [0.2, 0.25) is 0 Å². The van der Waals surface area contributed by atoms with Gasteiger partial charge in [-0.3, -0.25) is 0 Å². The normalized spacial score (nSPS) is 19.2. The summed E-state index contributed by atoms with van der Waals surface area (Å²) in [7, 11) is 0. The molecule has 17 heavy (non-hydrogen) atoms. The molecule has 0 radical (unpaired) electrons. The van der Waals surface area contributed by atoms with Gasteiger partial charge in [0.05, 0.1) is 12.6 Å². The molecule has 2 rings (SSSR count). The fourth-order valence-electron chi connectivity index (χ4n) is 2.54. The molecule has 1 aromatic heterocycles. The highest BCUT2D eigenvalue weighted by Gasteiger charge is 2.42. The average Bonchev–Trinajstić information content (AvgIpc) is 2.89. The lowest BCUT2D eigenvalue weighted by atomic mass is 10.0. The molecule has 5 nitrogen and oxygen atoms in total. The van der Waals surface area contributed by atoms with E-state index in [1.165, 1.54) is 25.7 Å². The second kappa shape index (κ2) is 5.12. The Kier molecular flexibility index (Phi) is 3.76. The number of tetrazole rings is 1. The molecule has 0 aliphatic heterocycles. The summed E-state index contributed by atoms with van der Waals surface area (Å²) in [6.07, 6.45) is 5.20. The van der Waals surface area contributed by atoms with Gasteiger partial charge < -0.3 is 5.32 Å². The van der Waals surface area contributed by atoms with E-state index < -0.39 is 0 Å². The number of hydrogen-bond donors (Lipinski definition) is 1. The standard InChI is InChI=1S/C12H23N5/c1-4-6-12(7-8-12)9-17-11(14-15-16-17)10(3)13-5-2/h10,13H,4-9H2,1-3H3. The van der Waals surface area contributed by atoms with Gasteiger partial charge in [-0.25, -0.2) is 4.68 Å². The van der Waals surface area contributed by atoms with Gasteiger partial charge >= 0.3 is 0 Å². The zero-order valence-electron chi connectivity index (χ0n) is 11.1. The maximum atomic E-state index is 4.15. The van der Waals surface area contributed by atoms with E-state index >= 15 is 0 Å². The molecule has 1 atom stereocenters. The largest absolute Gasteiger partial charge is 0.308 e. The number of rotatable bonds is 7. The van der Waals surface area contributed by atoms with E-state index in [-0.39, 0.29) is 6.04 Å². The highest BCUT2D eigenvalue weighted by Crippen LogP contribution is 2.50. The van der Waals surface area contributed by atoms with E-state index in [2.05, 4.69) is 41.6 Å². The molecule has 1 heterocycles. The molecule has 0 bridgehead atoms. The summed E-state index contributed by atoms with van der Waals surface area (Å²) in [5, 5.41) is 15.5. The summed E-state index contributed by atoms with van der Waals surface area (Å²) in [6.45, 7) is 8.39. The second-order valence-electron chi connectivity index (χ2n) is 5.22. The van der Waals surface area contributed by atoms with Crippen molar-refractivity contribution in [2.24, 2.45) is 5.41 Å². The first-order valence-electron chi connectivity index (χ1n) is 6.70. The number of aromatic nitrogens is 4. The maximum absolute atomic E-state index is 4.15. The zero-order chi connectivity index (χ0) is 12.3. The third-order valence-corrected chi connectivity index (χ3v) is 3.68. The molecule has 0 spiro atoms. The molecular weight excluding hydrogens is 214 g/mol. The van der Waals surface area contributed by atoms with Crippen LogP contribution < -0.4 is 5.32 Å². The smallest absolute Gasteiger partial charge is 0.167 e. The third kappa shape index (κ3) is 2.83. The van der Waals surface area contributed by atoms with Gasteiger partial charge in [0, 0.05) is 0 Å². The van der Waals surface area contributed by atoms with E-state index in [0.717, 1.165) is 18.9 Å². The van der Waals surface area contributed by atoms with Crippen molar-refractivity contribution < 1.29 is 0 Å². The van der Waals surface area contributed by atoms with Crippen LogP contribution in [0.3, 0.4) is 0 Å². The van der Waals surface area contributed by atoms with Crippen molar-refractivity contribution in [3.63, 3.8) is 0 Å². The molecule has 1 aliphatic rings. The van der Waals surface area contributed by atoms with Crippen LogP contribution in [0.1, 0.15) is 58.3 Å². The summed E-state index contributed by atoms with van der Waals surface area (Å²) in [5.74, 6) is 0.967. The van der Waals surface area contributed by atoms with Crippen LogP contribution in [0.5, 0.6) is 0 Å². The Morgan fingerprint density at radius 2 is 2.18 bits per heavy atom. The van der Waals surface area contributed by atoms with E-state index in [1.807, 2.05) is 4.68 Å². The minimum atomic E-state index is 0.229. The van der Waals surface area contributed by atoms with Crippen molar-refractivity contribution >= 4 is 0 Å². The maximum Gasteiger partial charge on any atom is 0.167 e. The first kappa shape index (κ1) is 12.5. The van der Waals surface area contributed by atoms with Gasteiger partial charge in [-0.1, -0.05) is 20.3 Å². The van der Waals surface area contributed by atoms with Crippen molar-refractivity contribution in [2.45, 2.75) is 59.0 Å². The second-order valence-corrected chi connectivity index (χ2v) is 5.22. The van der Waals surface area contributed by atoms with E-state index in [9.17, 15) is 0 Å². The van der Waals surface area contributed by atoms with Crippen LogP contribution in [0.25, 0.3) is 0 Å². The molecule has 1 unspecified atom stereocenters. The molecular formula is C12H23N5. The van der Waals surface area contributed by atoms with Crippen molar-refractivity contribution in [3.8, 4) is 0 Å². The lowest BCUT2D eigenvalue weighted by Gasteiger charge is -2.17. The fourth-order valence-corrected chi connectivity index (χ4v) is 2.54. The lowest BCUT2D eigenvalue weighted by Crippen LogP contribution is -2.24. The molecule has 1 saturated carbocycles. The summed E-state index contributed by atoms with van der Waals surface area (Å²) < 4.78 is 2.00. The van der Waals surface area contributed by atoms with E-state index in [0.29, 0.717) is 5.41 Å². The Labute approximate surface area is 103 Å². The molecule has 0 saturated heterocycles. The molecule has 0 aromatic carbocycles. The van der Waals surface area contributed by atoms with Gasteiger partial charge in [0.1, 0.15) is 0 Å². The highest BCUT2D eigenvalue weighted by atomic mass is 15.5. The first-order valence-corrected chi connectivity index (χ1v) is 6.70. The quantitative estimate of drug-likeness (QED) is 0.787. The Balaban J connectivity index is 2.04. The lowest BCUT2D eigenvalue weighted by molar-refractivity contribution is 0.347. The monoisotopic (exact) mass is 237 g/mol. The molecule has 1 aromatic rings. The van der Waals surface area contributed by atoms with Crippen LogP contribution >= 0.6 is 0 Å². The van der Waals surface area contributed by atoms with Crippen molar-refractivity contribution in [1.82, 2.24) is 25.5 Å². The minimum Gasteiger partial charge on any atom is -0.308 e. The van der Waals surface area contributed by atoms with Crippen LogP contribution in [0.2, 0.25) is 0 Å². The Morgan fingerprint density at radius 3 is 2.76 bits per heavy atom. The Morgan fingerprint density at radius 1 is 1.41 bits per heavy atom. The predicted octanol–water partition coefficient (Wildman–Crippen LogP) is 1.92. The topological polar surface area (TPSA) is 55.6 Å². The van der Waals surface area contributed by atoms with Crippen LogP contribution in [0.15, 0.2) is 0 Å². The van der Waals surface area contributed by atoms with Crippen LogP contribution in [-0.4, -0.2) is 26.8 Å². The zero-order valence-corrected chi connectivity index (χ0v) is 11.1. The van der Waals surface area contributed by atoms with Crippen molar-refractivity contribution in [1.29, 1.82) is 0 Å². The SMILES string of the molecule is CCCC1(Cn2nnnc2C(C)NCC)CC1. The van der Waals surface area contributed by atoms with Crippen LogP contribution in [0, 0.1) is 5.41 Å². The van der Waals surface area contributed by atoms with Gasteiger partial charge in [-0.15, -0.1) is 5.10 Å².